The second kappa shape index (κ2) is 12.7. The van der Waals surface area contributed by atoms with Gasteiger partial charge in [0, 0.05) is 20.5 Å². The lowest BCUT2D eigenvalue weighted by atomic mass is 10.0. The second-order valence-electron chi connectivity index (χ2n) is 8.71. The van der Waals surface area contributed by atoms with Crippen LogP contribution in [0.2, 0.25) is 0 Å². The van der Waals surface area contributed by atoms with Gasteiger partial charge in [-0.05, 0) is 19.0 Å². The van der Waals surface area contributed by atoms with Crippen LogP contribution in [0.3, 0.4) is 0 Å². The molecule has 3 N–H and O–H groups in total. The maximum Gasteiger partial charge on any atom is 0.290 e. The Morgan fingerprint density at radius 3 is 2.29 bits per heavy atom. The molecule has 1 aromatic carbocycles. The molecule has 190 valence electrons. The number of hydrogen-bond donors (Lipinski definition) is 3. The molecule has 0 radical (unpaired) electrons. The third kappa shape index (κ3) is 7.71. The minimum atomic E-state index is -1.08. The molecule has 1 saturated heterocycles. The number of Topliss-reactive ketones (excluding diaryl/α,β-unsaturated/α-hetero) is 2. The van der Waals surface area contributed by atoms with Gasteiger partial charge in [0.1, 0.15) is 11.8 Å². The van der Waals surface area contributed by atoms with E-state index in [1.165, 1.54) is 4.90 Å². The van der Waals surface area contributed by atoms with Gasteiger partial charge in [-0.15, -0.1) is 0 Å². The Labute approximate surface area is 204 Å². The van der Waals surface area contributed by atoms with E-state index in [2.05, 4.69) is 16.0 Å². The number of ketones is 2. The lowest BCUT2D eigenvalue weighted by molar-refractivity contribution is -0.141. The quantitative estimate of drug-likeness (QED) is 0.346. The average Bonchev–Trinajstić information content (AvgIpc) is 3.18. The Bertz CT molecular complexity index is 964. The predicted octanol–water partition coefficient (Wildman–Crippen LogP) is -0.824. The van der Waals surface area contributed by atoms with E-state index in [4.69, 9.17) is 0 Å². The van der Waals surface area contributed by atoms with Crippen molar-refractivity contribution in [1.29, 1.82) is 0 Å². The second-order valence-corrected chi connectivity index (χ2v) is 8.71. The Morgan fingerprint density at radius 2 is 1.74 bits per heavy atom. The van der Waals surface area contributed by atoms with E-state index in [1.54, 1.807) is 63.3 Å². The number of benzene rings is 1. The monoisotopic (exact) mass is 487 g/mol. The molecular weight excluding hydrogens is 454 g/mol. The first-order valence-corrected chi connectivity index (χ1v) is 11.4. The van der Waals surface area contributed by atoms with E-state index < -0.39 is 48.2 Å². The molecule has 1 aromatic rings. The molecule has 35 heavy (non-hydrogen) atoms. The molecular formula is C24H33N5O6. The highest BCUT2D eigenvalue weighted by atomic mass is 16.2. The van der Waals surface area contributed by atoms with Gasteiger partial charge in [0.2, 0.25) is 23.5 Å². The van der Waals surface area contributed by atoms with Crippen LogP contribution in [0.4, 0.5) is 0 Å². The van der Waals surface area contributed by atoms with Gasteiger partial charge in [0.15, 0.2) is 0 Å². The minimum Gasteiger partial charge on any atom is -0.347 e. The van der Waals surface area contributed by atoms with E-state index in [1.807, 2.05) is 0 Å². The molecule has 0 spiro atoms. The van der Waals surface area contributed by atoms with E-state index in [9.17, 15) is 28.8 Å². The third-order valence-corrected chi connectivity index (χ3v) is 5.65. The summed E-state index contributed by atoms with van der Waals surface area (Å²) in [5, 5.41) is 7.41. The number of amides is 4. The fourth-order valence-electron chi connectivity index (χ4n) is 3.75. The number of carbonyl (C=O) groups is 6. The molecule has 2 rings (SSSR count). The molecule has 0 saturated carbocycles. The van der Waals surface area contributed by atoms with Crippen LogP contribution in [0, 0.1) is 0 Å². The molecule has 1 aliphatic rings. The van der Waals surface area contributed by atoms with Crippen molar-refractivity contribution < 1.29 is 28.8 Å². The molecule has 0 aromatic heterocycles. The van der Waals surface area contributed by atoms with Gasteiger partial charge in [0.05, 0.1) is 25.2 Å². The zero-order valence-electron chi connectivity index (χ0n) is 20.5. The Morgan fingerprint density at radius 1 is 1.09 bits per heavy atom. The van der Waals surface area contributed by atoms with Crippen LogP contribution >= 0.6 is 0 Å². The van der Waals surface area contributed by atoms with Gasteiger partial charge >= 0.3 is 0 Å². The third-order valence-electron chi connectivity index (χ3n) is 5.65. The highest BCUT2D eigenvalue weighted by Crippen LogP contribution is 2.15. The van der Waals surface area contributed by atoms with Crippen molar-refractivity contribution in [1.82, 2.24) is 25.8 Å². The Hall–Kier alpha value is -3.60. The molecule has 1 aliphatic heterocycles. The SMILES string of the molecule is CCCC(NC(=O)[C@@H]1CC(=O)CN1C)C(=O)C(=O)NCC(=O)N[C@H](C(=O)N(C)C)c1ccccc1. The lowest BCUT2D eigenvalue weighted by Gasteiger charge is -2.23. The number of carbonyl (C=O) groups excluding carboxylic acids is 6. The van der Waals surface area contributed by atoms with Crippen molar-refractivity contribution >= 4 is 35.2 Å². The van der Waals surface area contributed by atoms with Crippen LogP contribution in [-0.4, -0.2) is 91.3 Å². The van der Waals surface area contributed by atoms with Crippen LogP contribution < -0.4 is 16.0 Å². The predicted molar refractivity (Wildman–Crippen MR) is 127 cm³/mol. The van der Waals surface area contributed by atoms with Crippen molar-refractivity contribution in [3.63, 3.8) is 0 Å². The molecule has 1 unspecified atom stereocenters. The summed E-state index contributed by atoms with van der Waals surface area (Å²) in [5.41, 5.74) is 0.572. The highest BCUT2D eigenvalue weighted by molar-refractivity contribution is 6.38. The van der Waals surface area contributed by atoms with Gasteiger partial charge in [-0.3, -0.25) is 33.7 Å². The van der Waals surface area contributed by atoms with Gasteiger partial charge < -0.3 is 20.9 Å². The summed E-state index contributed by atoms with van der Waals surface area (Å²) in [4.78, 5) is 77.3. The zero-order chi connectivity index (χ0) is 26.1. The number of rotatable bonds is 11. The molecule has 11 heteroatoms. The van der Waals surface area contributed by atoms with Crippen molar-refractivity contribution in [2.75, 3.05) is 34.2 Å². The summed E-state index contributed by atoms with van der Waals surface area (Å²) in [6.45, 7) is 1.43. The van der Waals surface area contributed by atoms with Crippen LogP contribution in [0.1, 0.15) is 37.8 Å². The highest BCUT2D eigenvalue weighted by Gasteiger charge is 2.36. The Kier molecular flexibility index (Phi) is 10.1. The van der Waals surface area contributed by atoms with Gasteiger partial charge in [0.25, 0.3) is 5.91 Å². The van der Waals surface area contributed by atoms with Crippen molar-refractivity contribution in [3.8, 4) is 0 Å². The molecule has 11 nitrogen and oxygen atoms in total. The minimum absolute atomic E-state index is 0.0516. The normalized spacial score (nSPS) is 17.3. The van der Waals surface area contributed by atoms with Gasteiger partial charge in [-0.25, -0.2) is 0 Å². The Balaban J connectivity index is 1.97. The van der Waals surface area contributed by atoms with Crippen molar-refractivity contribution in [2.45, 2.75) is 44.3 Å². The fraction of sp³-hybridized carbons (Fsp3) is 0.500. The zero-order valence-corrected chi connectivity index (χ0v) is 20.5. The van der Waals surface area contributed by atoms with E-state index >= 15 is 0 Å². The first-order chi connectivity index (χ1) is 16.5. The number of nitrogens with zero attached hydrogens (tertiary/aromatic N) is 2. The summed E-state index contributed by atoms with van der Waals surface area (Å²) in [6, 6.07) is 5.93. The summed E-state index contributed by atoms with van der Waals surface area (Å²) < 4.78 is 0. The number of likely N-dealkylation sites (tertiary alicyclic amines) is 1. The summed E-state index contributed by atoms with van der Waals surface area (Å²) >= 11 is 0. The maximum atomic E-state index is 12.7. The lowest BCUT2D eigenvalue weighted by Crippen LogP contribution is -2.52. The topological polar surface area (TPSA) is 145 Å². The summed E-state index contributed by atoms with van der Waals surface area (Å²) in [5.74, 6) is -3.49. The van der Waals surface area contributed by atoms with Crippen LogP contribution in [0.15, 0.2) is 30.3 Å². The van der Waals surface area contributed by atoms with E-state index in [-0.39, 0.29) is 31.1 Å². The fourth-order valence-corrected chi connectivity index (χ4v) is 3.75. The van der Waals surface area contributed by atoms with Crippen LogP contribution in [0.5, 0.6) is 0 Å². The van der Waals surface area contributed by atoms with E-state index in [0.29, 0.717) is 12.0 Å². The first-order valence-electron chi connectivity index (χ1n) is 11.4. The van der Waals surface area contributed by atoms with Crippen molar-refractivity contribution in [3.05, 3.63) is 35.9 Å². The standard InChI is InChI=1S/C24H33N5O6/c1-5-9-17(26-22(33)18-12-16(30)14-29(18)4)21(32)23(34)25-13-19(31)27-20(24(35)28(2)3)15-10-7-6-8-11-15/h6-8,10-11,17-18,20H,5,9,12-14H2,1-4H3,(H,25,34)(H,26,33)(H,27,31)/t17?,18-,20-/m0/s1. The number of hydrogen-bond acceptors (Lipinski definition) is 7. The van der Waals surface area contributed by atoms with Crippen LogP contribution in [-0.2, 0) is 28.8 Å². The molecule has 1 heterocycles. The number of nitrogens with one attached hydrogen (secondary N) is 3. The largest absolute Gasteiger partial charge is 0.347 e. The molecule has 4 amide bonds. The molecule has 0 aliphatic carbocycles. The average molecular weight is 488 g/mol. The molecule has 1 fully saturated rings. The summed E-state index contributed by atoms with van der Waals surface area (Å²) in [7, 11) is 4.76. The van der Waals surface area contributed by atoms with Crippen LogP contribution in [0.25, 0.3) is 0 Å². The maximum absolute atomic E-state index is 12.7. The van der Waals surface area contributed by atoms with Crippen molar-refractivity contribution in [2.24, 2.45) is 0 Å². The molecule has 3 atom stereocenters. The van der Waals surface area contributed by atoms with Gasteiger partial charge in [-0.2, -0.15) is 0 Å². The first kappa shape index (κ1) is 27.6. The number of likely N-dealkylation sites (N-methyl/N-ethyl adjacent to an activating group) is 2. The smallest absolute Gasteiger partial charge is 0.290 e. The summed E-state index contributed by atoms with van der Waals surface area (Å²) in [6.07, 6.45) is 0.799. The molecule has 0 bridgehead atoms. The van der Waals surface area contributed by atoms with E-state index in [0.717, 1.165) is 0 Å². The van der Waals surface area contributed by atoms with Gasteiger partial charge in [-0.1, -0.05) is 43.7 Å².